The fraction of sp³-hybridized carbons (Fsp3) is 0.278. The predicted octanol–water partition coefficient (Wildman–Crippen LogP) is 2.59. The zero-order chi connectivity index (χ0) is 16.4. The second kappa shape index (κ2) is 5.83. The third-order valence-electron chi connectivity index (χ3n) is 4.56. The van der Waals surface area contributed by atoms with E-state index in [1.807, 2.05) is 6.92 Å². The van der Waals surface area contributed by atoms with Gasteiger partial charge in [-0.05, 0) is 37.5 Å². The smallest absolute Gasteiger partial charge is 0.280 e. The van der Waals surface area contributed by atoms with Gasteiger partial charge in [-0.25, -0.2) is 4.98 Å². The summed E-state index contributed by atoms with van der Waals surface area (Å²) in [5.41, 5.74) is 14.2. The van der Waals surface area contributed by atoms with Crippen molar-refractivity contribution in [3.05, 3.63) is 59.3 Å². The van der Waals surface area contributed by atoms with Crippen LogP contribution in [0.5, 0.6) is 0 Å². The molecule has 1 aliphatic rings. The van der Waals surface area contributed by atoms with Crippen LogP contribution in [0.15, 0.2) is 47.6 Å². The molecule has 1 saturated carbocycles. The number of aryl methyl sites for hydroxylation is 1. The summed E-state index contributed by atoms with van der Waals surface area (Å²) in [6, 6.07) is 11.5. The van der Waals surface area contributed by atoms with Gasteiger partial charge in [-0.1, -0.05) is 36.2 Å². The molecule has 1 aromatic carbocycles. The number of benzene rings is 1. The van der Waals surface area contributed by atoms with Crippen LogP contribution >= 0.6 is 0 Å². The fourth-order valence-corrected chi connectivity index (χ4v) is 2.91. The van der Waals surface area contributed by atoms with Crippen molar-refractivity contribution >= 4 is 17.6 Å². The summed E-state index contributed by atoms with van der Waals surface area (Å²) in [7, 11) is 0. The van der Waals surface area contributed by atoms with Crippen molar-refractivity contribution in [3.63, 3.8) is 0 Å². The fourth-order valence-electron chi connectivity index (χ4n) is 2.91. The largest absolute Gasteiger partial charge is 0.386 e. The standard InChI is InChI=1S/C18H20N4O/c1-12-3-6-14(7-4-12)18(9-2-10-18)17(20)22-16(23)13-5-8-15(19)21-11-13/h3-8,11H,2,9-10H2,1H3,(H2,19,21)(H2,20,22,23). The molecule has 2 aromatic rings. The average molecular weight is 308 g/mol. The molecular weight excluding hydrogens is 288 g/mol. The quantitative estimate of drug-likeness (QED) is 0.673. The number of pyridine rings is 1. The number of carbonyl (C=O) groups is 1. The Bertz CT molecular complexity index is 744. The van der Waals surface area contributed by atoms with E-state index in [2.05, 4.69) is 34.2 Å². The van der Waals surface area contributed by atoms with E-state index in [1.165, 1.54) is 11.8 Å². The number of aliphatic imine (C=N–C) groups is 1. The maximum absolute atomic E-state index is 12.3. The first-order valence-electron chi connectivity index (χ1n) is 7.69. The Morgan fingerprint density at radius 2 is 1.87 bits per heavy atom. The lowest BCUT2D eigenvalue weighted by Crippen LogP contribution is -2.47. The summed E-state index contributed by atoms with van der Waals surface area (Å²) in [6.07, 6.45) is 4.34. The highest BCUT2D eigenvalue weighted by Crippen LogP contribution is 2.44. The summed E-state index contributed by atoms with van der Waals surface area (Å²) in [6.45, 7) is 2.05. The molecule has 4 N–H and O–H groups in total. The summed E-state index contributed by atoms with van der Waals surface area (Å²) in [5.74, 6) is 0.372. The van der Waals surface area contributed by atoms with Gasteiger partial charge in [0.15, 0.2) is 0 Å². The van der Waals surface area contributed by atoms with Crippen molar-refractivity contribution in [2.24, 2.45) is 10.7 Å². The highest BCUT2D eigenvalue weighted by atomic mass is 16.1. The van der Waals surface area contributed by atoms with E-state index in [9.17, 15) is 4.79 Å². The van der Waals surface area contributed by atoms with Gasteiger partial charge in [0.1, 0.15) is 11.7 Å². The second-order valence-corrected chi connectivity index (χ2v) is 6.08. The molecule has 1 aliphatic carbocycles. The molecule has 1 aromatic heterocycles. The molecule has 1 amide bonds. The normalized spacial score (nSPS) is 16.7. The molecule has 0 spiro atoms. The first-order chi connectivity index (χ1) is 11.0. The van der Waals surface area contributed by atoms with Gasteiger partial charge >= 0.3 is 0 Å². The van der Waals surface area contributed by atoms with E-state index in [4.69, 9.17) is 11.5 Å². The first kappa shape index (κ1) is 15.2. The molecule has 5 heteroatoms. The Kier molecular flexibility index (Phi) is 3.86. The third kappa shape index (κ3) is 2.82. The number of amidine groups is 1. The molecule has 118 valence electrons. The van der Waals surface area contributed by atoms with E-state index in [-0.39, 0.29) is 11.3 Å². The summed E-state index contributed by atoms with van der Waals surface area (Å²) in [5, 5.41) is 0. The molecular formula is C18H20N4O. The highest BCUT2D eigenvalue weighted by molar-refractivity contribution is 6.06. The van der Waals surface area contributed by atoms with Crippen LogP contribution in [-0.2, 0) is 5.41 Å². The van der Waals surface area contributed by atoms with Crippen molar-refractivity contribution in [2.75, 3.05) is 5.73 Å². The number of nitrogens with two attached hydrogens (primary N) is 2. The molecule has 0 unspecified atom stereocenters. The van der Waals surface area contributed by atoms with Crippen molar-refractivity contribution in [1.29, 1.82) is 0 Å². The van der Waals surface area contributed by atoms with E-state index in [0.29, 0.717) is 17.2 Å². The number of amides is 1. The summed E-state index contributed by atoms with van der Waals surface area (Å²) < 4.78 is 0. The van der Waals surface area contributed by atoms with Gasteiger partial charge in [-0.15, -0.1) is 0 Å². The van der Waals surface area contributed by atoms with Crippen molar-refractivity contribution < 1.29 is 4.79 Å². The van der Waals surface area contributed by atoms with E-state index in [1.54, 1.807) is 12.1 Å². The van der Waals surface area contributed by atoms with Gasteiger partial charge in [0.2, 0.25) is 0 Å². The second-order valence-electron chi connectivity index (χ2n) is 6.08. The highest BCUT2D eigenvalue weighted by Gasteiger charge is 2.42. The lowest BCUT2D eigenvalue weighted by molar-refractivity contribution is 0.100. The Balaban J connectivity index is 1.90. The first-order valence-corrected chi connectivity index (χ1v) is 7.69. The minimum Gasteiger partial charge on any atom is -0.386 e. The molecule has 3 rings (SSSR count). The molecule has 0 radical (unpaired) electrons. The number of carbonyl (C=O) groups excluding carboxylic acids is 1. The van der Waals surface area contributed by atoms with Crippen LogP contribution in [-0.4, -0.2) is 16.7 Å². The Morgan fingerprint density at radius 3 is 2.39 bits per heavy atom. The van der Waals surface area contributed by atoms with Gasteiger partial charge in [0.05, 0.1) is 11.0 Å². The van der Waals surface area contributed by atoms with E-state index in [0.717, 1.165) is 24.8 Å². The summed E-state index contributed by atoms with van der Waals surface area (Å²) >= 11 is 0. The minimum atomic E-state index is -0.381. The zero-order valence-corrected chi connectivity index (χ0v) is 13.1. The SMILES string of the molecule is Cc1ccc(C2(C(N)=NC(=O)c3ccc(N)nc3)CCC2)cc1. The number of hydrogen-bond acceptors (Lipinski definition) is 3. The molecule has 0 atom stereocenters. The van der Waals surface area contributed by atoms with Crippen LogP contribution in [0.4, 0.5) is 5.82 Å². The van der Waals surface area contributed by atoms with Crippen molar-refractivity contribution in [1.82, 2.24) is 4.98 Å². The molecule has 5 nitrogen and oxygen atoms in total. The molecule has 0 saturated heterocycles. The predicted molar refractivity (Wildman–Crippen MR) is 91.3 cm³/mol. The lowest BCUT2D eigenvalue weighted by atomic mass is 9.63. The number of rotatable bonds is 3. The van der Waals surface area contributed by atoms with Crippen LogP contribution in [0.1, 0.15) is 40.7 Å². The molecule has 0 bridgehead atoms. The number of hydrogen-bond donors (Lipinski definition) is 2. The topological polar surface area (TPSA) is 94.4 Å². The Morgan fingerprint density at radius 1 is 1.17 bits per heavy atom. The van der Waals surface area contributed by atoms with E-state index >= 15 is 0 Å². The monoisotopic (exact) mass is 308 g/mol. The Labute approximate surface area is 135 Å². The van der Waals surface area contributed by atoms with Crippen molar-refractivity contribution in [3.8, 4) is 0 Å². The number of nitrogen functional groups attached to an aromatic ring is 1. The van der Waals surface area contributed by atoms with E-state index < -0.39 is 0 Å². The molecule has 0 aliphatic heterocycles. The van der Waals surface area contributed by atoms with Crippen LogP contribution in [0.3, 0.4) is 0 Å². The van der Waals surface area contributed by atoms with Gasteiger partial charge in [0, 0.05) is 6.20 Å². The van der Waals surface area contributed by atoms with Crippen LogP contribution < -0.4 is 11.5 Å². The minimum absolute atomic E-state index is 0.315. The van der Waals surface area contributed by atoms with Crippen LogP contribution in [0.2, 0.25) is 0 Å². The van der Waals surface area contributed by atoms with Crippen LogP contribution in [0, 0.1) is 6.92 Å². The Hall–Kier alpha value is -2.69. The molecule has 23 heavy (non-hydrogen) atoms. The van der Waals surface area contributed by atoms with Crippen molar-refractivity contribution in [2.45, 2.75) is 31.6 Å². The van der Waals surface area contributed by atoms with Gasteiger partial charge in [0.25, 0.3) is 5.91 Å². The maximum atomic E-state index is 12.3. The number of aromatic nitrogens is 1. The summed E-state index contributed by atoms with van der Waals surface area (Å²) in [4.78, 5) is 20.4. The maximum Gasteiger partial charge on any atom is 0.280 e. The van der Waals surface area contributed by atoms with Gasteiger partial charge in [-0.2, -0.15) is 4.99 Å². The molecule has 1 fully saturated rings. The van der Waals surface area contributed by atoms with Gasteiger partial charge < -0.3 is 11.5 Å². The number of nitrogens with zero attached hydrogens (tertiary/aromatic N) is 2. The zero-order valence-electron chi connectivity index (χ0n) is 13.1. The lowest BCUT2D eigenvalue weighted by Gasteiger charge is -2.41. The molecule has 1 heterocycles. The number of anilines is 1. The third-order valence-corrected chi connectivity index (χ3v) is 4.56. The average Bonchev–Trinajstić information content (AvgIpc) is 2.48. The van der Waals surface area contributed by atoms with Crippen LogP contribution in [0.25, 0.3) is 0 Å². The van der Waals surface area contributed by atoms with Gasteiger partial charge in [-0.3, -0.25) is 4.79 Å².